The van der Waals surface area contributed by atoms with Crippen molar-refractivity contribution in [2.75, 3.05) is 7.11 Å². The van der Waals surface area contributed by atoms with Gasteiger partial charge in [0.25, 0.3) is 0 Å². The minimum absolute atomic E-state index is 0.0264. The molecular weight excluding hydrogens is 190 g/mol. The van der Waals surface area contributed by atoms with Crippen LogP contribution < -0.4 is 9.47 Å². The van der Waals surface area contributed by atoms with Gasteiger partial charge in [-0.25, -0.2) is 0 Å². The molecule has 0 N–H and O–H groups in total. The minimum atomic E-state index is -2.87. The SMILES string of the molecule is C#Cc1ccc(OC(F)F)c(OC)c1. The smallest absolute Gasteiger partial charge is 0.387 e. The predicted octanol–water partition coefficient (Wildman–Crippen LogP) is 2.28. The number of benzene rings is 1. The van der Waals surface area contributed by atoms with Crippen LogP contribution in [0.15, 0.2) is 18.2 Å². The van der Waals surface area contributed by atoms with Crippen LogP contribution in [0, 0.1) is 12.3 Å². The van der Waals surface area contributed by atoms with Crippen LogP contribution in [0.5, 0.6) is 11.5 Å². The summed E-state index contributed by atoms with van der Waals surface area (Å²) in [5.74, 6) is 2.53. The number of alkyl halides is 2. The molecule has 0 bridgehead atoms. The number of halogens is 2. The van der Waals surface area contributed by atoms with Gasteiger partial charge in [0, 0.05) is 5.56 Å². The van der Waals surface area contributed by atoms with Gasteiger partial charge in [0.1, 0.15) is 0 Å². The highest BCUT2D eigenvalue weighted by atomic mass is 19.3. The van der Waals surface area contributed by atoms with Gasteiger partial charge in [0.15, 0.2) is 11.5 Å². The van der Waals surface area contributed by atoms with E-state index in [1.165, 1.54) is 25.3 Å². The summed E-state index contributed by atoms with van der Waals surface area (Å²) in [5, 5.41) is 0. The average Bonchev–Trinajstić information content (AvgIpc) is 2.17. The Bertz CT molecular complexity index is 356. The van der Waals surface area contributed by atoms with Crippen molar-refractivity contribution in [2.24, 2.45) is 0 Å². The molecule has 0 aromatic heterocycles. The fraction of sp³-hybridized carbons (Fsp3) is 0.200. The van der Waals surface area contributed by atoms with E-state index in [2.05, 4.69) is 10.7 Å². The molecule has 1 aromatic carbocycles. The van der Waals surface area contributed by atoms with Gasteiger partial charge in [0.05, 0.1) is 7.11 Å². The molecule has 2 nitrogen and oxygen atoms in total. The summed E-state index contributed by atoms with van der Waals surface area (Å²) < 4.78 is 32.8. The third kappa shape index (κ3) is 2.36. The van der Waals surface area contributed by atoms with Crippen LogP contribution in [0.1, 0.15) is 5.56 Å². The van der Waals surface area contributed by atoms with Crippen LogP contribution in [0.3, 0.4) is 0 Å². The first-order chi connectivity index (χ1) is 6.67. The Morgan fingerprint density at radius 3 is 2.57 bits per heavy atom. The molecule has 4 heteroatoms. The number of hydrogen-bond acceptors (Lipinski definition) is 2. The van der Waals surface area contributed by atoms with Gasteiger partial charge < -0.3 is 9.47 Å². The molecule has 0 radical (unpaired) electrons. The molecule has 0 saturated heterocycles. The van der Waals surface area contributed by atoms with Gasteiger partial charge in [-0.1, -0.05) is 5.92 Å². The van der Waals surface area contributed by atoms with Gasteiger partial charge >= 0.3 is 6.61 Å². The maximum Gasteiger partial charge on any atom is 0.387 e. The zero-order valence-electron chi connectivity index (χ0n) is 7.46. The molecule has 0 amide bonds. The maximum absolute atomic E-state index is 11.9. The van der Waals surface area contributed by atoms with E-state index in [1.807, 2.05) is 0 Å². The normalized spacial score (nSPS) is 9.64. The molecule has 0 aliphatic carbocycles. The Morgan fingerprint density at radius 1 is 1.36 bits per heavy atom. The van der Waals surface area contributed by atoms with Gasteiger partial charge in [-0.2, -0.15) is 8.78 Å². The zero-order valence-corrected chi connectivity index (χ0v) is 7.46. The fourth-order valence-electron chi connectivity index (χ4n) is 0.951. The largest absolute Gasteiger partial charge is 0.493 e. The highest BCUT2D eigenvalue weighted by molar-refractivity contribution is 5.47. The van der Waals surface area contributed by atoms with Gasteiger partial charge in [-0.15, -0.1) is 6.42 Å². The summed E-state index contributed by atoms with van der Waals surface area (Å²) in [4.78, 5) is 0. The Labute approximate surface area is 80.4 Å². The monoisotopic (exact) mass is 198 g/mol. The van der Waals surface area contributed by atoms with E-state index in [4.69, 9.17) is 11.2 Å². The predicted molar refractivity (Wildman–Crippen MR) is 47.6 cm³/mol. The average molecular weight is 198 g/mol. The molecule has 1 aromatic rings. The van der Waals surface area contributed by atoms with Crippen LogP contribution in [-0.4, -0.2) is 13.7 Å². The lowest BCUT2D eigenvalue weighted by molar-refractivity contribution is -0.0512. The summed E-state index contributed by atoms with van der Waals surface area (Å²) in [5.41, 5.74) is 0.545. The summed E-state index contributed by atoms with van der Waals surface area (Å²) in [7, 11) is 1.36. The second kappa shape index (κ2) is 4.47. The summed E-state index contributed by atoms with van der Waals surface area (Å²) in [6.45, 7) is -2.87. The Balaban J connectivity index is 3.00. The van der Waals surface area contributed by atoms with E-state index in [1.54, 1.807) is 0 Å². The topological polar surface area (TPSA) is 18.5 Å². The Hall–Kier alpha value is -1.76. The van der Waals surface area contributed by atoms with Gasteiger partial charge in [0.2, 0.25) is 0 Å². The Kier molecular flexibility index (Phi) is 3.29. The second-order valence-electron chi connectivity index (χ2n) is 2.39. The molecule has 0 fully saturated rings. The lowest BCUT2D eigenvalue weighted by Gasteiger charge is -2.09. The van der Waals surface area contributed by atoms with Gasteiger partial charge in [-0.05, 0) is 18.2 Å². The number of rotatable bonds is 3. The number of ether oxygens (including phenoxy) is 2. The molecule has 0 heterocycles. The lowest BCUT2D eigenvalue weighted by Crippen LogP contribution is -2.03. The van der Waals surface area contributed by atoms with Crippen molar-refractivity contribution in [3.8, 4) is 23.8 Å². The van der Waals surface area contributed by atoms with Crippen molar-refractivity contribution >= 4 is 0 Å². The number of hydrogen-bond donors (Lipinski definition) is 0. The summed E-state index contributed by atoms with van der Waals surface area (Å²) in [6.07, 6.45) is 5.13. The Morgan fingerprint density at radius 2 is 2.07 bits per heavy atom. The first-order valence-electron chi connectivity index (χ1n) is 3.77. The maximum atomic E-state index is 11.9. The molecule has 1 rings (SSSR count). The molecule has 14 heavy (non-hydrogen) atoms. The van der Waals surface area contributed by atoms with E-state index in [-0.39, 0.29) is 11.5 Å². The third-order valence-corrected chi connectivity index (χ3v) is 1.55. The molecule has 0 saturated carbocycles. The highest BCUT2D eigenvalue weighted by Crippen LogP contribution is 2.28. The van der Waals surface area contributed by atoms with Crippen molar-refractivity contribution in [3.63, 3.8) is 0 Å². The van der Waals surface area contributed by atoms with E-state index < -0.39 is 6.61 Å². The second-order valence-corrected chi connectivity index (χ2v) is 2.39. The molecule has 0 atom stereocenters. The first kappa shape index (κ1) is 10.3. The fourth-order valence-corrected chi connectivity index (χ4v) is 0.951. The quantitative estimate of drug-likeness (QED) is 0.693. The highest BCUT2D eigenvalue weighted by Gasteiger charge is 2.10. The molecule has 0 unspecified atom stereocenters. The molecular formula is C10H8F2O2. The van der Waals surface area contributed by atoms with Crippen molar-refractivity contribution in [1.82, 2.24) is 0 Å². The third-order valence-electron chi connectivity index (χ3n) is 1.55. The van der Waals surface area contributed by atoms with Gasteiger partial charge in [-0.3, -0.25) is 0 Å². The zero-order chi connectivity index (χ0) is 10.6. The standard InChI is InChI=1S/C10H8F2O2/c1-3-7-4-5-8(14-10(11)12)9(6-7)13-2/h1,4-6,10H,2H3. The molecule has 0 aliphatic heterocycles. The van der Waals surface area contributed by atoms with Crippen molar-refractivity contribution in [3.05, 3.63) is 23.8 Å². The van der Waals surface area contributed by atoms with E-state index >= 15 is 0 Å². The minimum Gasteiger partial charge on any atom is -0.493 e. The number of terminal acetylenes is 1. The van der Waals surface area contributed by atoms with Crippen molar-refractivity contribution in [2.45, 2.75) is 6.61 Å². The van der Waals surface area contributed by atoms with Crippen LogP contribution in [0.2, 0.25) is 0 Å². The van der Waals surface area contributed by atoms with E-state index in [9.17, 15) is 8.78 Å². The van der Waals surface area contributed by atoms with Crippen LogP contribution in [0.4, 0.5) is 8.78 Å². The number of methoxy groups -OCH3 is 1. The summed E-state index contributed by atoms with van der Waals surface area (Å²) in [6, 6.07) is 4.30. The molecule has 0 spiro atoms. The first-order valence-corrected chi connectivity index (χ1v) is 3.77. The van der Waals surface area contributed by atoms with Crippen molar-refractivity contribution < 1.29 is 18.3 Å². The van der Waals surface area contributed by atoms with Crippen molar-refractivity contribution in [1.29, 1.82) is 0 Å². The summed E-state index contributed by atoms with van der Waals surface area (Å²) >= 11 is 0. The van der Waals surface area contributed by atoms with E-state index in [0.29, 0.717) is 5.56 Å². The molecule has 0 aliphatic rings. The molecule has 74 valence electrons. The van der Waals surface area contributed by atoms with Crippen LogP contribution >= 0.6 is 0 Å². The van der Waals surface area contributed by atoms with Crippen LogP contribution in [0.25, 0.3) is 0 Å². The van der Waals surface area contributed by atoms with E-state index in [0.717, 1.165) is 0 Å². The van der Waals surface area contributed by atoms with Crippen LogP contribution in [-0.2, 0) is 0 Å². The lowest BCUT2D eigenvalue weighted by atomic mass is 10.2.